The normalized spacial score (nSPS) is 11.3. The van der Waals surface area contributed by atoms with E-state index in [0.717, 1.165) is 11.1 Å². The summed E-state index contributed by atoms with van der Waals surface area (Å²) in [6, 6.07) is 6.62. The molecule has 0 aliphatic carbocycles. The number of rotatable bonds is 2. The van der Waals surface area contributed by atoms with Crippen molar-refractivity contribution in [2.24, 2.45) is 0 Å². The van der Waals surface area contributed by atoms with Crippen LogP contribution in [0, 0.1) is 6.92 Å². The average molecular weight is 294 g/mol. The summed E-state index contributed by atoms with van der Waals surface area (Å²) >= 11 is 0. The molecule has 0 unspecified atom stereocenters. The molecule has 0 atom stereocenters. The Hall–Kier alpha value is -3.29. The van der Waals surface area contributed by atoms with Crippen LogP contribution in [0.25, 0.3) is 33.6 Å². The van der Waals surface area contributed by atoms with Gasteiger partial charge in [0.1, 0.15) is 5.52 Å². The molecule has 0 aliphatic heterocycles. The molecule has 3 N–H and O–H groups in total. The van der Waals surface area contributed by atoms with Gasteiger partial charge in [-0.25, -0.2) is 14.8 Å². The summed E-state index contributed by atoms with van der Waals surface area (Å²) in [7, 11) is 0. The van der Waals surface area contributed by atoms with Gasteiger partial charge in [0.25, 0.3) is 0 Å². The molecule has 3 heterocycles. The number of nitrogens with one attached hydrogen (secondary N) is 2. The number of benzene rings is 1. The maximum Gasteiger partial charge on any atom is 0.336 e. The molecule has 1 aromatic carbocycles. The van der Waals surface area contributed by atoms with E-state index in [4.69, 9.17) is 0 Å². The second kappa shape index (κ2) is 4.35. The van der Waals surface area contributed by atoms with Crippen LogP contribution >= 0.6 is 0 Å². The van der Waals surface area contributed by atoms with E-state index in [-0.39, 0.29) is 5.56 Å². The molecule has 8 nitrogen and oxygen atoms in total. The summed E-state index contributed by atoms with van der Waals surface area (Å²) in [5.41, 5.74) is 3.04. The Kier molecular flexibility index (Phi) is 2.46. The number of imidazole rings is 1. The molecule has 0 bridgehead atoms. The fourth-order valence-corrected chi connectivity index (χ4v) is 2.47. The lowest BCUT2D eigenvalue weighted by Crippen LogP contribution is -1.99. The average Bonchev–Trinajstić information content (AvgIpc) is 3.10. The lowest BCUT2D eigenvalue weighted by atomic mass is 10.1. The van der Waals surface area contributed by atoms with Gasteiger partial charge in [0, 0.05) is 11.3 Å². The lowest BCUT2D eigenvalue weighted by Gasteiger charge is -2.00. The van der Waals surface area contributed by atoms with Gasteiger partial charge in [-0.3, -0.25) is 5.10 Å². The largest absolute Gasteiger partial charge is 0.478 e. The zero-order valence-corrected chi connectivity index (χ0v) is 11.5. The molecule has 8 heteroatoms. The predicted molar refractivity (Wildman–Crippen MR) is 78.5 cm³/mol. The van der Waals surface area contributed by atoms with Gasteiger partial charge in [-0.1, -0.05) is 18.2 Å². The smallest absolute Gasteiger partial charge is 0.336 e. The Morgan fingerprint density at radius 2 is 1.95 bits per heavy atom. The molecule has 108 valence electrons. The minimum Gasteiger partial charge on any atom is -0.478 e. The third kappa shape index (κ3) is 1.67. The van der Waals surface area contributed by atoms with E-state index in [1.54, 1.807) is 18.2 Å². The number of carboxylic acids is 1. The van der Waals surface area contributed by atoms with Crippen LogP contribution in [-0.2, 0) is 0 Å². The number of H-pyrrole nitrogens is 2. The summed E-state index contributed by atoms with van der Waals surface area (Å²) in [6.07, 6.45) is 0. The number of fused-ring (bicyclic) bond motifs is 3. The highest BCUT2D eigenvalue weighted by atomic mass is 16.4. The van der Waals surface area contributed by atoms with Gasteiger partial charge in [-0.2, -0.15) is 0 Å². The number of hydrogen-bond donors (Lipinski definition) is 3. The first-order chi connectivity index (χ1) is 10.6. The number of nitrogens with zero attached hydrogens (tertiary/aromatic N) is 4. The van der Waals surface area contributed by atoms with Crippen molar-refractivity contribution >= 4 is 28.2 Å². The summed E-state index contributed by atoms with van der Waals surface area (Å²) < 4.78 is 0. The van der Waals surface area contributed by atoms with Crippen LogP contribution in [0.1, 0.15) is 16.1 Å². The van der Waals surface area contributed by atoms with Crippen molar-refractivity contribution in [3.8, 4) is 11.4 Å². The molecule has 0 saturated carbocycles. The third-order valence-corrected chi connectivity index (χ3v) is 3.50. The molecule has 0 fully saturated rings. The number of hydrogen-bond acceptors (Lipinski definition) is 5. The zero-order chi connectivity index (χ0) is 15.3. The van der Waals surface area contributed by atoms with Crippen molar-refractivity contribution in [2.75, 3.05) is 0 Å². The van der Waals surface area contributed by atoms with E-state index in [9.17, 15) is 9.90 Å². The fourth-order valence-electron chi connectivity index (χ4n) is 2.47. The predicted octanol–water partition coefficient (Wildman–Crippen LogP) is 1.90. The highest BCUT2D eigenvalue weighted by Gasteiger charge is 2.18. The standard InChI is InChI=1S/C14H10N6O2/c1-6-9-10-13(20-19-12(9)18-17-6)16-11(15-10)7-4-2-3-5-8(7)14(21)22/h2-5H,1H3,(H,21,22)(H2,17,18,19). The van der Waals surface area contributed by atoms with Gasteiger partial charge in [0.15, 0.2) is 11.5 Å². The van der Waals surface area contributed by atoms with Crippen molar-refractivity contribution in [3.05, 3.63) is 35.5 Å². The number of aromatic carboxylic acids is 1. The van der Waals surface area contributed by atoms with Gasteiger partial charge in [0.05, 0.1) is 10.9 Å². The number of aryl methyl sites for hydroxylation is 1. The number of aromatic amines is 2. The van der Waals surface area contributed by atoms with E-state index < -0.39 is 5.97 Å². The second-order valence-electron chi connectivity index (χ2n) is 4.87. The van der Waals surface area contributed by atoms with Crippen molar-refractivity contribution in [3.63, 3.8) is 0 Å². The third-order valence-electron chi connectivity index (χ3n) is 3.50. The Bertz CT molecular complexity index is 1030. The summed E-state index contributed by atoms with van der Waals surface area (Å²) in [5, 5.41) is 24.0. The molecule has 0 aliphatic rings. The number of carboxylic acid groups (broad SMARTS) is 1. The van der Waals surface area contributed by atoms with Crippen LogP contribution in [0.4, 0.5) is 0 Å². The number of carbonyl (C=O) groups is 1. The van der Waals surface area contributed by atoms with Crippen molar-refractivity contribution < 1.29 is 9.90 Å². The maximum atomic E-state index is 11.3. The highest BCUT2D eigenvalue weighted by Crippen LogP contribution is 2.27. The Morgan fingerprint density at radius 1 is 1.14 bits per heavy atom. The molecule has 4 rings (SSSR count). The van der Waals surface area contributed by atoms with E-state index in [1.165, 1.54) is 6.07 Å². The topological polar surface area (TPSA) is 120 Å². The molecule has 0 saturated heterocycles. The summed E-state index contributed by atoms with van der Waals surface area (Å²) in [5.74, 6) is -0.692. The van der Waals surface area contributed by atoms with Crippen LogP contribution in [0.5, 0.6) is 0 Å². The van der Waals surface area contributed by atoms with Gasteiger partial charge < -0.3 is 10.2 Å². The van der Waals surface area contributed by atoms with E-state index >= 15 is 0 Å². The Balaban J connectivity index is 2.03. The maximum absolute atomic E-state index is 11.3. The monoisotopic (exact) mass is 294 g/mol. The molecule has 3 aromatic heterocycles. The van der Waals surface area contributed by atoms with Crippen LogP contribution in [-0.4, -0.2) is 41.4 Å². The van der Waals surface area contributed by atoms with E-state index in [2.05, 4.69) is 30.4 Å². The van der Waals surface area contributed by atoms with Crippen LogP contribution in [0.15, 0.2) is 24.3 Å². The van der Waals surface area contributed by atoms with E-state index in [0.29, 0.717) is 28.2 Å². The SMILES string of the molecule is Cc1[nH][nH]c2nnc3nc(-c4ccccc4C(=O)O)nc3c12. The van der Waals surface area contributed by atoms with Crippen LogP contribution < -0.4 is 0 Å². The first-order valence-corrected chi connectivity index (χ1v) is 6.55. The van der Waals surface area contributed by atoms with Crippen LogP contribution in [0.3, 0.4) is 0 Å². The Labute approximate surface area is 123 Å². The minimum absolute atomic E-state index is 0.152. The van der Waals surface area contributed by atoms with Crippen molar-refractivity contribution in [1.29, 1.82) is 0 Å². The van der Waals surface area contributed by atoms with Gasteiger partial charge in [-0.05, 0) is 13.0 Å². The zero-order valence-electron chi connectivity index (χ0n) is 11.5. The van der Waals surface area contributed by atoms with Crippen molar-refractivity contribution in [2.45, 2.75) is 6.92 Å². The Morgan fingerprint density at radius 3 is 2.77 bits per heavy atom. The molecular weight excluding hydrogens is 284 g/mol. The van der Waals surface area contributed by atoms with E-state index in [1.807, 2.05) is 6.92 Å². The molecular formula is C14H10N6O2. The molecule has 22 heavy (non-hydrogen) atoms. The highest BCUT2D eigenvalue weighted by molar-refractivity contribution is 6.02. The van der Waals surface area contributed by atoms with Crippen molar-refractivity contribution in [1.82, 2.24) is 30.4 Å². The minimum atomic E-state index is -1.02. The van der Waals surface area contributed by atoms with Gasteiger partial charge >= 0.3 is 5.97 Å². The lowest BCUT2D eigenvalue weighted by molar-refractivity contribution is 0.0697. The number of aromatic nitrogens is 6. The second-order valence-corrected chi connectivity index (χ2v) is 4.87. The summed E-state index contributed by atoms with van der Waals surface area (Å²) in [6.45, 7) is 1.89. The molecule has 0 spiro atoms. The first-order valence-electron chi connectivity index (χ1n) is 6.55. The molecule has 4 aromatic rings. The molecule has 0 radical (unpaired) electrons. The summed E-state index contributed by atoms with van der Waals surface area (Å²) in [4.78, 5) is 20.1. The molecule has 0 amide bonds. The first kappa shape index (κ1) is 12.5. The van der Waals surface area contributed by atoms with Gasteiger partial charge in [0.2, 0.25) is 5.65 Å². The quantitative estimate of drug-likeness (QED) is 0.519. The fraction of sp³-hybridized carbons (Fsp3) is 0.0714. The van der Waals surface area contributed by atoms with Crippen LogP contribution in [0.2, 0.25) is 0 Å². The van der Waals surface area contributed by atoms with Gasteiger partial charge in [-0.15, -0.1) is 10.2 Å².